The van der Waals surface area contributed by atoms with E-state index in [2.05, 4.69) is 5.32 Å². The Morgan fingerprint density at radius 3 is 2.65 bits per heavy atom. The predicted molar refractivity (Wildman–Crippen MR) is 82.6 cm³/mol. The lowest BCUT2D eigenvalue weighted by Crippen LogP contribution is -2.41. The van der Waals surface area contributed by atoms with Crippen LogP contribution < -0.4 is 10.1 Å². The number of nitrogens with one attached hydrogen (secondary N) is 1. The van der Waals surface area contributed by atoms with E-state index < -0.39 is 17.9 Å². The molecule has 0 aromatic heterocycles. The first kappa shape index (κ1) is 17.2. The highest BCUT2D eigenvalue weighted by atomic mass is 19.1. The normalized spacial score (nSPS) is 16.0. The molecule has 1 aliphatic carbocycles. The fraction of sp³-hybridized carbons (Fsp3) is 0.529. The van der Waals surface area contributed by atoms with Crippen molar-refractivity contribution in [1.29, 1.82) is 0 Å². The molecule has 0 aliphatic heterocycles. The molecule has 1 amide bonds. The van der Waals surface area contributed by atoms with Crippen molar-refractivity contribution in [3.05, 3.63) is 29.6 Å². The molecule has 5 nitrogen and oxygen atoms in total. The van der Waals surface area contributed by atoms with Crippen LogP contribution in [0, 0.1) is 5.82 Å². The summed E-state index contributed by atoms with van der Waals surface area (Å²) in [6.07, 6.45) is 3.22. The second kappa shape index (κ2) is 7.94. The number of esters is 1. The van der Waals surface area contributed by atoms with Gasteiger partial charge in [0.15, 0.2) is 17.7 Å². The van der Waals surface area contributed by atoms with E-state index in [4.69, 9.17) is 9.47 Å². The molecule has 1 atom stereocenters. The lowest BCUT2D eigenvalue weighted by atomic mass is 10.1. The molecule has 0 bridgehead atoms. The van der Waals surface area contributed by atoms with Crippen molar-refractivity contribution in [2.24, 2.45) is 0 Å². The van der Waals surface area contributed by atoms with Crippen LogP contribution in [0.3, 0.4) is 0 Å². The topological polar surface area (TPSA) is 64.6 Å². The third kappa shape index (κ3) is 4.94. The molecule has 6 heteroatoms. The van der Waals surface area contributed by atoms with Crippen LogP contribution in [0.1, 0.15) is 38.2 Å². The first-order valence-electron chi connectivity index (χ1n) is 7.82. The molecule has 0 heterocycles. The molecule has 126 valence electrons. The van der Waals surface area contributed by atoms with E-state index in [9.17, 15) is 14.0 Å². The van der Waals surface area contributed by atoms with Crippen molar-refractivity contribution in [2.45, 2.75) is 51.2 Å². The maximum absolute atomic E-state index is 13.6. The third-order valence-electron chi connectivity index (χ3n) is 3.94. The van der Waals surface area contributed by atoms with E-state index in [1.54, 1.807) is 6.07 Å². The van der Waals surface area contributed by atoms with Crippen molar-refractivity contribution in [1.82, 2.24) is 5.32 Å². The molecule has 1 saturated carbocycles. The molecule has 1 aromatic rings. The van der Waals surface area contributed by atoms with E-state index in [1.807, 2.05) is 0 Å². The van der Waals surface area contributed by atoms with Crippen LogP contribution in [-0.2, 0) is 20.7 Å². The Kier molecular flexibility index (Phi) is 5.96. The number of rotatable bonds is 6. The van der Waals surface area contributed by atoms with Crippen molar-refractivity contribution in [3.63, 3.8) is 0 Å². The maximum Gasteiger partial charge on any atom is 0.311 e. The zero-order chi connectivity index (χ0) is 16.8. The number of carbonyl (C=O) groups excluding carboxylic acids is 2. The molecule has 1 aliphatic rings. The van der Waals surface area contributed by atoms with Gasteiger partial charge < -0.3 is 14.8 Å². The van der Waals surface area contributed by atoms with Gasteiger partial charge in [-0.3, -0.25) is 9.59 Å². The van der Waals surface area contributed by atoms with Crippen LogP contribution in [-0.4, -0.2) is 31.1 Å². The van der Waals surface area contributed by atoms with Gasteiger partial charge in [0, 0.05) is 6.04 Å². The van der Waals surface area contributed by atoms with Gasteiger partial charge in [0.05, 0.1) is 13.5 Å². The van der Waals surface area contributed by atoms with Crippen LogP contribution in [0.15, 0.2) is 18.2 Å². The summed E-state index contributed by atoms with van der Waals surface area (Å²) in [4.78, 5) is 23.8. The summed E-state index contributed by atoms with van der Waals surface area (Å²) >= 11 is 0. The van der Waals surface area contributed by atoms with Crippen LogP contribution in [0.5, 0.6) is 5.75 Å². The molecule has 0 unspecified atom stereocenters. The summed E-state index contributed by atoms with van der Waals surface area (Å²) in [5.74, 6) is -1.27. The summed E-state index contributed by atoms with van der Waals surface area (Å²) in [5.41, 5.74) is 0.469. The Bertz CT molecular complexity index is 570. The smallest absolute Gasteiger partial charge is 0.311 e. The first-order chi connectivity index (χ1) is 11.0. The number of amides is 1. The highest BCUT2D eigenvalue weighted by Crippen LogP contribution is 2.19. The Morgan fingerprint density at radius 2 is 2.04 bits per heavy atom. The molecule has 23 heavy (non-hydrogen) atoms. The number of carbonyl (C=O) groups is 2. The predicted octanol–water partition coefficient (Wildman–Crippen LogP) is 2.37. The molecular formula is C17H22FNO4. The second-order valence-electron chi connectivity index (χ2n) is 5.77. The van der Waals surface area contributed by atoms with Gasteiger partial charge in [-0.05, 0) is 37.5 Å². The quantitative estimate of drug-likeness (QED) is 0.816. The molecule has 1 N–H and O–H groups in total. The minimum absolute atomic E-state index is 0.0953. The van der Waals surface area contributed by atoms with Gasteiger partial charge in [-0.25, -0.2) is 4.39 Å². The number of ether oxygens (including phenoxy) is 2. The average molecular weight is 323 g/mol. The van der Waals surface area contributed by atoms with E-state index in [0.717, 1.165) is 25.7 Å². The summed E-state index contributed by atoms with van der Waals surface area (Å²) in [6, 6.07) is 4.45. The molecule has 0 saturated heterocycles. The van der Waals surface area contributed by atoms with E-state index in [-0.39, 0.29) is 24.1 Å². The lowest BCUT2D eigenvalue weighted by molar-refractivity contribution is -0.154. The van der Waals surface area contributed by atoms with Crippen molar-refractivity contribution < 1.29 is 23.5 Å². The molecule has 0 radical (unpaired) electrons. The third-order valence-corrected chi connectivity index (χ3v) is 3.94. The molecule has 1 aromatic carbocycles. The van der Waals surface area contributed by atoms with Gasteiger partial charge >= 0.3 is 5.97 Å². The standard InChI is InChI=1S/C17H22FNO4/c1-11(17(21)19-13-5-3-4-6-13)23-16(20)10-12-7-8-15(22-2)14(18)9-12/h7-9,11,13H,3-6,10H2,1-2H3,(H,19,21)/t11-/m1/s1. The SMILES string of the molecule is COc1ccc(CC(=O)O[C@H](C)C(=O)NC2CCCC2)cc1F. The summed E-state index contributed by atoms with van der Waals surface area (Å²) < 4.78 is 23.5. The average Bonchev–Trinajstić information content (AvgIpc) is 3.00. The van der Waals surface area contributed by atoms with Crippen LogP contribution in [0.2, 0.25) is 0 Å². The van der Waals surface area contributed by atoms with Crippen LogP contribution in [0.25, 0.3) is 0 Å². The van der Waals surface area contributed by atoms with Gasteiger partial charge in [-0.2, -0.15) is 0 Å². The highest BCUT2D eigenvalue weighted by molar-refractivity contribution is 5.84. The lowest BCUT2D eigenvalue weighted by Gasteiger charge is -2.17. The first-order valence-corrected chi connectivity index (χ1v) is 7.82. The van der Waals surface area contributed by atoms with Gasteiger partial charge in [0.1, 0.15) is 0 Å². The molecule has 0 spiro atoms. The zero-order valence-electron chi connectivity index (χ0n) is 13.4. The molecule has 2 rings (SSSR count). The van der Waals surface area contributed by atoms with E-state index in [0.29, 0.717) is 5.56 Å². The Labute approximate surface area is 135 Å². The van der Waals surface area contributed by atoms with Crippen molar-refractivity contribution in [3.8, 4) is 5.75 Å². The van der Waals surface area contributed by atoms with E-state index >= 15 is 0 Å². The fourth-order valence-corrected chi connectivity index (χ4v) is 2.67. The zero-order valence-corrected chi connectivity index (χ0v) is 13.4. The minimum Gasteiger partial charge on any atom is -0.494 e. The molecular weight excluding hydrogens is 301 g/mol. The number of hydrogen-bond donors (Lipinski definition) is 1. The minimum atomic E-state index is -0.855. The maximum atomic E-state index is 13.6. The molecule has 1 fully saturated rings. The van der Waals surface area contributed by atoms with Gasteiger partial charge in [-0.15, -0.1) is 0 Å². The van der Waals surface area contributed by atoms with Crippen molar-refractivity contribution >= 4 is 11.9 Å². The van der Waals surface area contributed by atoms with Crippen LogP contribution >= 0.6 is 0 Å². The van der Waals surface area contributed by atoms with E-state index in [1.165, 1.54) is 26.2 Å². The number of benzene rings is 1. The van der Waals surface area contributed by atoms with Crippen molar-refractivity contribution in [2.75, 3.05) is 7.11 Å². The number of halogens is 1. The largest absolute Gasteiger partial charge is 0.494 e. The Hall–Kier alpha value is -2.11. The fourth-order valence-electron chi connectivity index (χ4n) is 2.67. The van der Waals surface area contributed by atoms with Gasteiger partial charge in [-0.1, -0.05) is 18.9 Å². The monoisotopic (exact) mass is 323 g/mol. The Morgan fingerprint density at radius 1 is 1.35 bits per heavy atom. The summed E-state index contributed by atoms with van der Waals surface area (Å²) in [6.45, 7) is 1.54. The van der Waals surface area contributed by atoms with Crippen LogP contribution in [0.4, 0.5) is 4.39 Å². The second-order valence-corrected chi connectivity index (χ2v) is 5.77. The van der Waals surface area contributed by atoms with Gasteiger partial charge in [0.2, 0.25) is 0 Å². The highest BCUT2D eigenvalue weighted by Gasteiger charge is 2.23. The Balaban J connectivity index is 1.83. The number of methoxy groups -OCH3 is 1. The van der Waals surface area contributed by atoms with Gasteiger partial charge in [0.25, 0.3) is 5.91 Å². The number of hydrogen-bond acceptors (Lipinski definition) is 4. The summed E-state index contributed by atoms with van der Waals surface area (Å²) in [5, 5.41) is 2.88. The summed E-state index contributed by atoms with van der Waals surface area (Å²) in [7, 11) is 1.37.